The van der Waals surface area contributed by atoms with Gasteiger partial charge in [-0.25, -0.2) is 15.8 Å². The molecule has 0 spiro atoms. The summed E-state index contributed by atoms with van der Waals surface area (Å²) in [5, 5.41) is 3.58. The van der Waals surface area contributed by atoms with Crippen LogP contribution in [-0.4, -0.2) is 24.2 Å². The normalized spacial score (nSPS) is 10.0. The van der Waals surface area contributed by atoms with E-state index in [9.17, 15) is 0 Å². The molecule has 0 unspecified atom stereocenters. The van der Waals surface area contributed by atoms with Crippen molar-refractivity contribution in [1.82, 2.24) is 9.97 Å². The van der Waals surface area contributed by atoms with Crippen LogP contribution in [-0.2, 0) is 0 Å². The van der Waals surface area contributed by atoms with Crippen molar-refractivity contribution in [3.8, 4) is 11.5 Å². The number of ether oxygens (including phenoxy) is 2. The predicted molar refractivity (Wildman–Crippen MR) is 77.7 cm³/mol. The van der Waals surface area contributed by atoms with Crippen molar-refractivity contribution >= 4 is 28.9 Å². The van der Waals surface area contributed by atoms with Gasteiger partial charge < -0.3 is 20.2 Å². The SMILES string of the molecule is COc1ccc(Cl)c(Nc2ncnc(NN)c2OC)c1. The molecule has 8 heteroatoms. The van der Waals surface area contributed by atoms with E-state index in [1.165, 1.54) is 13.4 Å². The van der Waals surface area contributed by atoms with Crippen LogP contribution in [0.25, 0.3) is 0 Å². The first-order chi connectivity index (χ1) is 9.69. The molecule has 1 aromatic heterocycles. The minimum atomic E-state index is 0.365. The van der Waals surface area contributed by atoms with Crippen LogP contribution in [0.15, 0.2) is 24.5 Å². The van der Waals surface area contributed by atoms with Crippen molar-refractivity contribution in [2.75, 3.05) is 25.0 Å². The van der Waals surface area contributed by atoms with E-state index in [4.69, 9.17) is 26.9 Å². The Morgan fingerprint density at radius 3 is 2.55 bits per heavy atom. The van der Waals surface area contributed by atoms with Gasteiger partial charge >= 0.3 is 0 Å². The Hall–Kier alpha value is -2.25. The van der Waals surface area contributed by atoms with E-state index in [1.54, 1.807) is 25.3 Å². The molecular formula is C12H14ClN5O2. The van der Waals surface area contributed by atoms with E-state index in [2.05, 4.69) is 20.7 Å². The van der Waals surface area contributed by atoms with Crippen LogP contribution >= 0.6 is 11.6 Å². The van der Waals surface area contributed by atoms with Crippen LogP contribution in [0.3, 0.4) is 0 Å². The smallest absolute Gasteiger partial charge is 0.205 e. The molecule has 106 valence electrons. The molecule has 0 saturated carbocycles. The molecule has 4 N–H and O–H groups in total. The largest absolute Gasteiger partial charge is 0.497 e. The minimum absolute atomic E-state index is 0.365. The molecule has 0 radical (unpaired) electrons. The maximum Gasteiger partial charge on any atom is 0.205 e. The summed E-state index contributed by atoms with van der Waals surface area (Å²) in [6.07, 6.45) is 1.36. The number of hydrogen-bond donors (Lipinski definition) is 3. The number of halogens is 1. The molecular weight excluding hydrogens is 282 g/mol. The van der Waals surface area contributed by atoms with Gasteiger partial charge in [0.05, 0.1) is 24.9 Å². The summed E-state index contributed by atoms with van der Waals surface area (Å²) < 4.78 is 10.4. The van der Waals surface area contributed by atoms with Gasteiger partial charge in [0.25, 0.3) is 0 Å². The maximum atomic E-state index is 6.13. The van der Waals surface area contributed by atoms with Gasteiger partial charge in [-0.15, -0.1) is 0 Å². The van der Waals surface area contributed by atoms with Crippen LogP contribution in [0, 0.1) is 0 Å². The summed E-state index contributed by atoms with van der Waals surface area (Å²) >= 11 is 6.13. The highest BCUT2D eigenvalue weighted by Gasteiger charge is 2.13. The van der Waals surface area contributed by atoms with E-state index in [0.717, 1.165) is 0 Å². The minimum Gasteiger partial charge on any atom is -0.497 e. The van der Waals surface area contributed by atoms with Gasteiger partial charge in [-0.05, 0) is 12.1 Å². The zero-order chi connectivity index (χ0) is 14.5. The number of hydrogen-bond acceptors (Lipinski definition) is 7. The molecule has 0 amide bonds. The number of anilines is 3. The monoisotopic (exact) mass is 295 g/mol. The van der Waals surface area contributed by atoms with Gasteiger partial charge in [0.15, 0.2) is 11.6 Å². The van der Waals surface area contributed by atoms with E-state index in [1.807, 2.05) is 0 Å². The summed E-state index contributed by atoms with van der Waals surface area (Å²) in [6.45, 7) is 0. The highest BCUT2D eigenvalue weighted by atomic mass is 35.5. The molecule has 0 aliphatic rings. The molecule has 0 fully saturated rings. The fraction of sp³-hybridized carbons (Fsp3) is 0.167. The zero-order valence-corrected chi connectivity index (χ0v) is 11.7. The highest BCUT2D eigenvalue weighted by molar-refractivity contribution is 6.33. The Labute approximate surface area is 121 Å². The third-order valence-corrected chi connectivity index (χ3v) is 2.90. The number of nitrogen functional groups attached to an aromatic ring is 1. The maximum absolute atomic E-state index is 6.13. The summed E-state index contributed by atoms with van der Waals surface area (Å²) in [6, 6.07) is 5.23. The van der Waals surface area contributed by atoms with Crippen LogP contribution < -0.4 is 26.1 Å². The Morgan fingerprint density at radius 2 is 1.90 bits per heavy atom. The fourth-order valence-electron chi connectivity index (χ4n) is 1.61. The van der Waals surface area contributed by atoms with E-state index in [-0.39, 0.29) is 0 Å². The molecule has 0 aliphatic carbocycles. The summed E-state index contributed by atoms with van der Waals surface area (Å²) in [4.78, 5) is 8.06. The lowest BCUT2D eigenvalue weighted by molar-refractivity contribution is 0.414. The molecule has 1 heterocycles. The molecule has 0 saturated heterocycles. The fourth-order valence-corrected chi connectivity index (χ4v) is 1.78. The van der Waals surface area contributed by atoms with Crippen LogP contribution in [0.5, 0.6) is 11.5 Å². The summed E-state index contributed by atoms with van der Waals surface area (Å²) in [7, 11) is 3.08. The third kappa shape index (κ3) is 2.84. The summed E-state index contributed by atoms with van der Waals surface area (Å²) in [5.41, 5.74) is 3.07. The highest BCUT2D eigenvalue weighted by Crippen LogP contribution is 2.34. The Morgan fingerprint density at radius 1 is 1.15 bits per heavy atom. The van der Waals surface area contributed by atoms with Crippen molar-refractivity contribution in [2.24, 2.45) is 5.84 Å². The quantitative estimate of drug-likeness (QED) is 0.575. The molecule has 0 aliphatic heterocycles. The Bertz CT molecular complexity index is 608. The van der Waals surface area contributed by atoms with E-state index in [0.29, 0.717) is 33.8 Å². The predicted octanol–water partition coefficient (Wildman–Crippen LogP) is 2.18. The van der Waals surface area contributed by atoms with E-state index >= 15 is 0 Å². The zero-order valence-electron chi connectivity index (χ0n) is 11.0. The first-order valence-corrected chi connectivity index (χ1v) is 6.03. The molecule has 2 aromatic rings. The number of nitrogens with zero attached hydrogens (tertiary/aromatic N) is 2. The lowest BCUT2D eigenvalue weighted by Crippen LogP contribution is -2.11. The number of nitrogens with two attached hydrogens (primary N) is 1. The van der Waals surface area contributed by atoms with Crippen LogP contribution in [0.1, 0.15) is 0 Å². The molecule has 7 nitrogen and oxygen atoms in total. The van der Waals surface area contributed by atoms with E-state index < -0.39 is 0 Å². The van der Waals surface area contributed by atoms with Crippen LogP contribution in [0.2, 0.25) is 5.02 Å². The Balaban J connectivity index is 2.39. The molecule has 1 aromatic carbocycles. The molecule has 2 rings (SSSR count). The topological polar surface area (TPSA) is 94.3 Å². The number of aromatic nitrogens is 2. The van der Waals surface area contributed by atoms with Crippen molar-refractivity contribution in [3.63, 3.8) is 0 Å². The number of rotatable bonds is 5. The van der Waals surface area contributed by atoms with Crippen LogP contribution in [0.4, 0.5) is 17.3 Å². The average molecular weight is 296 g/mol. The summed E-state index contributed by atoms with van der Waals surface area (Å²) in [5.74, 6) is 7.22. The van der Waals surface area contributed by atoms with Gasteiger partial charge in [-0.3, -0.25) is 0 Å². The first-order valence-electron chi connectivity index (χ1n) is 5.65. The van der Waals surface area contributed by atoms with Gasteiger partial charge in [-0.2, -0.15) is 0 Å². The van der Waals surface area contributed by atoms with Crippen molar-refractivity contribution in [1.29, 1.82) is 0 Å². The first kappa shape index (κ1) is 14.2. The average Bonchev–Trinajstić information content (AvgIpc) is 2.49. The van der Waals surface area contributed by atoms with Crippen molar-refractivity contribution in [2.45, 2.75) is 0 Å². The second-order valence-corrected chi connectivity index (χ2v) is 4.13. The molecule has 0 bridgehead atoms. The lowest BCUT2D eigenvalue weighted by atomic mass is 10.3. The second-order valence-electron chi connectivity index (χ2n) is 3.72. The molecule has 0 atom stereocenters. The van der Waals surface area contributed by atoms with Gasteiger partial charge in [-0.1, -0.05) is 11.6 Å². The molecule has 20 heavy (non-hydrogen) atoms. The number of methoxy groups -OCH3 is 2. The van der Waals surface area contributed by atoms with Gasteiger partial charge in [0.2, 0.25) is 5.75 Å². The second kappa shape index (κ2) is 6.27. The van der Waals surface area contributed by atoms with Crippen molar-refractivity contribution in [3.05, 3.63) is 29.5 Å². The lowest BCUT2D eigenvalue weighted by Gasteiger charge is -2.14. The number of nitrogens with one attached hydrogen (secondary N) is 2. The standard InChI is InChI=1S/C12H14ClN5O2/c1-19-7-3-4-8(13)9(5-7)17-11-10(20-2)12(18-14)16-6-15-11/h3-6H,14H2,1-2H3,(H2,15,16,17,18). The van der Waals surface area contributed by atoms with Gasteiger partial charge in [0.1, 0.15) is 12.1 Å². The number of benzene rings is 1. The van der Waals surface area contributed by atoms with Crippen molar-refractivity contribution < 1.29 is 9.47 Å². The Kier molecular flexibility index (Phi) is 4.44. The van der Waals surface area contributed by atoms with Gasteiger partial charge in [0, 0.05) is 6.07 Å². The third-order valence-electron chi connectivity index (χ3n) is 2.57. The number of hydrazine groups is 1.